The Kier molecular flexibility index (Phi) is 3.79. The molecule has 0 aliphatic carbocycles. The third-order valence-electron chi connectivity index (χ3n) is 2.45. The van der Waals surface area contributed by atoms with E-state index in [0.29, 0.717) is 11.3 Å². The first kappa shape index (κ1) is 13.1. The second-order valence-corrected chi connectivity index (χ2v) is 4.16. The Labute approximate surface area is 114 Å². The minimum absolute atomic E-state index is 0.113. The molecule has 2 rings (SSSR count). The molecule has 94 valence electrons. The van der Waals surface area contributed by atoms with Gasteiger partial charge in [0.05, 0.1) is 22.2 Å². The van der Waals surface area contributed by atoms with E-state index in [1.165, 1.54) is 24.3 Å². The molecule has 0 saturated carbocycles. The van der Waals surface area contributed by atoms with Crippen molar-refractivity contribution in [3.05, 3.63) is 64.4 Å². The van der Waals surface area contributed by atoms with E-state index >= 15 is 0 Å². The number of hydrogen-bond donors (Lipinski definition) is 1. The first-order valence-electron chi connectivity index (χ1n) is 5.37. The van der Waals surface area contributed by atoms with Gasteiger partial charge in [0.15, 0.2) is 5.82 Å². The molecule has 1 amide bonds. The third kappa shape index (κ3) is 2.90. The number of halogens is 2. The number of anilines is 1. The highest BCUT2D eigenvalue weighted by Gasteiger charge is 2.14. The molecule has 0 unspecified atom stereocenters. The lowest BCUT2D eigenvalue weighted by Gasteiger charge is -2.07. The number of benzene rings is 2. The Bertz CT molecular complexity index is 679. The molecule has 2 aromatic carbocycles. The van der Waals surface area contributed by atoms with Crippen LogP contribution >= 0.6 is 11.6 Å². The summed E-state index contributed by atoms with van der Waals surface area (Å²) >= 11 is 5.61. The molecule has 0 radical (unpaired) electrons. The van der Waals surface area contributed by atoms with Gasteiger partial charge in [-0.2, -0.15) is 5.26 Å². The van der Waals surface area contributed by atoms with Gasteiger partial charge in [-0.3, -0.25) is 4.79 Å². The lowest BCUT2D eigenvalue weighted by molar-refractivity contribution is 0.102. The monoisotopic (exact) mass is 274 g/mol. The predicted octanol–water partition coefficient (Wildman–Crippen LogP) is 3.60. The smallest absolute Gasteiger partial charge is 0.258 e. The van der Waals surface area contributed by atoms with Crippen molar-refractivity contribution in [2.24, 2.45) is 0 Å². The summed E-state index contributed by atoms with van der Waals surface area (Å²) in [6, 6.07) is 12.5. The maximum Gasteiger partial charge on any atom is 0.258 e. The molecule has 0 fully saturated rings. The average Bonchev–Trinajstić information content (AvgIpc) is 2.42. The van der Waals surface area contributed by atoms with Crippen molar-refractivity contribution in [1.29, 1.82) is 5.26 Å². The van der Waals surface area contributed by atoms with Gasteiger partial charge in [0.1, 0.15) is 0 Å². The fourth-order valence-electron chi connectivity index (χ4n) is 1.54. The first-order valence-corrected chi connectivity index (χ1v) is 5.75. The van der Waals surface area contributed by atoms with Crippen LogP contribution < -0.4 is 5.32 Å². The van der Waals surface area contributed by atoms with Gasteiger partial charge < -0.3 is 5.32 Å². The van der Waals surface area contributed by atoms with E-state index in [2.05, 4.69) is 5.32 Å². The Morgan fingerprint density at radius 2 is 2.00 bits per heavy atom. The summed E-state index contributed by atoms with van der Waals surface area (Å²) in [6.45, 7) is 0. The molecule has 0 heterocycles. The van der Waals surface area contributed by atoms with Gasteiger partial charge >= 0.3 is 0 Å². The highest BCUT2D eigenvalue weighted by Crippen LogP contribution is 2.19. The lowest BCUT2D eigenvalue weighted by atomic mass is 10.1. The number of nitrogens with zero attached hydrogens (tertiary/aromatic N) is 1. The van der Waals surface area contributed by atoms with E-state index in [4.69, 9.17) is 16.9 Å². The highest BCUT2D eigenvalue weighted by molar-refractivity contribution is 6.31. The molecule has 0 spiro atoms. The maximum absolute atomic E-state index is 13.7. The van der Waals surface area contributed by atoms with E-state index < -0.39 is 11.7 Å². The van der Waals surface area contributed by atoms with E-state index in [1.807, 2.05) is 6.07 Å². The zero-order chi connectivity index (χ0) is 13.8. The second-order valence-electron chi connectivity index (χ2n) is 3.75. The summed E-state index contributed by atoms with van der Waals surface area (Å²) in [6.07, 6.45) is 0. The van der Waals surface area contributed by atoms with Gasteiger partial charge in [-0.05, 0) is 30.3 Å². The molecule has 0 aliphatic heterocycles. The SMILES string of the molecule is N#Cc1cccc(NC(=O)c2cccc(Cl)c2F)c1. The second kappa shape index (κ2) is 5.51. The molecule has 3 nitrogen and oxygen atoms in total. The molecule has 19 heavy (non-hydrogen) atoms. The van der Waals surface area contributed by atoms with Crippen LogP contribution in [0.25, 0.3) is 0 Å². The normalized spacial score (nSPS) is 9.74. The molecule has 0 aromatic heterocycles. The van der Waals surface area contributed by atoms with Gasteiger partial charge in [-0.25, -0.2) is 4.39 Å². The number of carbonyl (C=O) groups excluding carboxylic acids is 1. The van der Waals surface area contributed by atoms with Crippen molar-refractivity contribution in [2.45, 2.75) is 0 Å². The third-order valence-corrected chi connectivity index (χ3v) is 2.74. The van der Waals surface area contributed by atoms with Gasteiger partial charge in [0, 0.05) is 5.69 Å². The summed E-state index contributed by atoms with van der Waals surface area (Å²) in [7, 11) is 0. The molecule has 2 aromatic rings. The Hall–Kier alpha value is -2.38. The van der Waals surface area contributed by atoms with Crippen LogP contribution in [-0.4, -0.2) is 5.91 Å². The molecule has 0 saturated heterocycles. The van der Waals surface area contributed by atoms with Crippen LogP contribution in [0.4, 0.5) is 10.1 Å². The van der Waals surface area contributed by atoms with Crippen LogP contribution in [0, 0.1) is 17.1 Å². The quantitative estimate of drug-likeness (QED) is 0.909. The van der Waals surface area contributed by atoms with Crippen LogP contribution in [0.5, 0.6) is 0 Å². The summed E-state index contributed by atoms with van der Waals surface area (Å²) < 4.78 is 13.7. The Balaban J connectivity index is 2.26. The lowest BCUT2D eigenvalue weighted by Crippen LogP contribution is -2.13. The van der Waals surface area contributed by atoms with Crippen LogP contribution in [0.3, 0.4) is 0 Å². The van der Waals surface area contributed by atoms with E-state index in [1.54, 1.807) is 18.2 Å². The van der Waals surface area contributed by atoms with Crippen LogP contribution in [0.1, 0.15) is 15.9 Å². The Morgan fingerprint density at radius 1 is 1.26 bits per heavy atom. The fourth-order valence-corrected chi connectivity index (χ4v) is 1.72. The van der Waals surface area contributed by atoms with Crippen molar-refractivity contribution in [1.82, 2.24) is 0 Å². The topological polar surface area (TPSA) is 52.9 Å². The van der Waals surface area contributed by atoms with Gasteiger partial charge in [-0.15, -0.1) is 0 Å². The molecule has 0 bridgehead atoms. The molecule has 5 heteroatoms. The van der Waals surface area contributed by atoms with Crippen LogP contribution in [-0.2, 0) is 0 Å². The first-order chi connectivity index (χ1) is 9.11. The fraction of sp³-hybridized carbons (Fsp3) is 0. The van der Waals surface area contributed by atoms with Crippen molar-refractivity contribution >= 4 is 23.2 Å². The summed E-state index contributed by atoms with van der Waals surface area (Å²) in [4.78, 5) is 11.9. The minimum Gasteiger partial charge on any atom is -0.322 e. The number of rotatable bonds is 2. The average molecular weight is 275 g/mol. The van der Waals surface area contributed by atoms with Crippen molar-refractivity contribution in [2.75, 3.05) is 5.32 Å². The largest absolute Gasteiger partial charge is 0.322 e. The zero-order valence-electron chi connectivity index (χ0n) is 9.65. The van der Waals surface area contributed by atoms with Gasteiger partial charge in [0.25, 0.3) is 5.91 Å². The molecule has 1 N–H and O–H groups in total. The number of carbonyl (C=O) groups is 1. The van der Waals surface area contributed by atoms with Crippen LogP contribution in [0.15, 0.2) is 42.5 Å². The van der Waals surface area contributed by atoms with E-state index in [0.717, 1.165) is 0 Å². The minimum atomic E-state index is -0.766. The standard InChI is InChI=1S/C14H8ClFN2O/c15-12-6-2-5-11(13(12)16)14(19)18-10-4-1-3-9(7-10)8-17/h1-7H,(H,18,19). The highest BCUT2D eigenvalue weighted by atomic mass is 35.5. The summed E-state index contributed by atoms with van der Waals surface area (Å²) in [5, 5.41) is 11.2. The van der Waals surface area contributed by atoms with E-state index in [-0.39, 0.29) is 10.6 Å². The van der Waals surface area contributed by atoms with Crippen molar-refractivity contribution in [3.63, 3.8) is 0 Å². The molecule has 0 aliphatic rings. The summed E-state index contributed by atoms with van der Waals surface area (Å²) in [5.74, 6) is -1.38. The predicted molar refractivity (Wildman–Crippen MR) is 70.5 cm³/mol. The van der Waals surface area contributed by atoms with Crippen molar-refractivity contribution in [3.8, 4) is 6.07 Å². The summed E-state index contributed by atoms with van der Waals surface area (Å²) in [5.41, 5.74) is 0.683. The number of hydrogen-bond acceptors (Lipinski definition) is 2. The van der Waals surface area contributed by atoms with E-state index in [9.17, 15) is 9.18 Å². The number of amides is 1. The zero-order valence-corrected chi connectivity index (χ0v) is 10.4. The molecule has 0 atom stereocenters. The van der Waals surface area contributed by atoms with Gasteiger partial charge in [0.2, 0.25) is 0 Å². The maximum atomic E-state index is 13.7. The number of nitrogens with one attached hydrogen (secondary N) is 1. The Morgan fingerprint density at radius 3 is 2.74 bits per heavy atom. The molecular formula is C14H8ClFN2O. The molecular weight excluding hydrogens is 267 g/mol. The number of nitriles is 1. The van der Waals surface area contributed by atoms with Gasteiger partial charge in [-0.1, -0.05) is 23.7 Å². The van der Waals surface area contributed by atoms with Crippen LogP contribution in [0.2, 0.25) is 5.02 Å². The van der Waals surface area contributed by atoms with Crippen molar-refractivity contribution < 1.29 is 9.18 Å².